The zero-order valence-electron chi connectivity index (χ0n) is 9.46. The second-order valence-electron chi connectivity index (χ2n) is 2.72. The quantitative estimate of drug-likeness (QED) is 0.398. The van der Waals surface area contributed by atoms with Crippen LogP contribution in [-0.2, 0) is 9.59 Å². The van der Waals surface area contributed by atoms with Gasteiger partial charge in [-0.05, 0) is 6.42 Å². The van der Waals surface area contributed by atoms with Crippen molar-refractivity contribution in [2.75, 3.05) is 6.54 Å². The molecular weight excluding hydrogens is 195 g/mol. The number of nitrogens with one attached hydrogen (secondary N) is 2. The van der Waals surface area contributed by atoms with Crippen molar-refractivity contribution < 1.29 is 62.4 Å². The summed E-state index contributed by atoms with van der Waals surface area (Å²) >= 11 is 0. The van der Waals surface area contributed by atoms with Crippen LogP contribution in [0.5, 0.6) is 0 Å². The van der Waals surface area contributed by atoms with Gasteiger partial charge in [-0.3, -0.25) is 4.79 Å². The van der Waals surface area contributed by atoms with Gasteiger partial charge in [0, 0.05) is 0 Å². The minimum atomic E-state index is -0.707. The summed E-state index contributed by atoms with van der Waals surface area (Å²) in [5.74, 6) is -0.185. The Morgan fingerprint density at radius 1 is 1.69 bits per heavy atom. The van der Waals surface area contributed by atoms with Crippen LogP contribution >= 0.6 is 0 Å². The molecule has 0 aromatic heterocycles. The summed E-state index contributed by atoms with van der Waals surface area (Å²) in [4.78, 5) is 21.2. The summed E-state index contributed by atoms with van der Waals surface area (Å²) in [6, 6.07) is -0.964. The van der Waals surface area contributed by atoms with Gasteiger partial charge in [-0.2, -0.15) is 0 Å². The Balaban J connectivity index is -0.000000605. The number of aldehydes is 1. The van der Waals surface area contributed by atoms with Crippen LogP contribution in [0.1, 0.15) is 21.7 Å². The van der Waals surface area contributed by atoms with Crippen molar-refractivity contribution in [2.45, 2.75) is 32.4 Å². The van der Waals surface area contributed by atoms with Crippen molar-refractivity contribution in [1.82, 2.24) is 5.32 Å². The maximum atomic E-state index is 10.9. The minimum absolute atomic E-state index is 0. The van der Waals surface area contributed by atoms with Crippen LogP contribution in [0, 0.1) is 0 Å². The number of carbonyl (C=O) groups is 2. The van der Waals surface area contributed by atoms with E-state index in [2.05, 4.69) is 5.32 Å². The molecule has 72 valence electrons. The molecule has 0 fully saturated rings. The van der Waals surface area contributed by atoms with E-state index in [-0.39, 0.29) is 71.2 Å². The standard InChI is InChI=1S/C8H15N2O2.K.H/c1-3-7(5-11)10-4-8(12)6(2)9;;/h5-7,9-10H,3-4H2,1-2H3;;/q-1;+1;-1/t6?,7-;;/m0../s1/i;;1+2. The number of hydrogen-bond donors (Lipinski definition) is 1. The van der Waals surface area contributed by atoms with Gasteiger partial charge in [0.2, 0.25) is 0 Å². The fourth-order valence-corrected chi connectivity index (χ4v) is 0.673. The minimum Gasteiger partial charge on any atom is -1.00 e. The molecule has 0 spiro atoms. The molecule has 0 saturated carbocycles. The molecule has 2 N–H and O–H groups in total. The van der Waals surface area contributed by atoms with Crippen molar-refractivity contribution in [3.8, 4) is 0 Å². The van der Waals surface area contributed by atoms with Crippen LogP contribution in [0.15, 0.2) is 0 Å². The fourth-order valence-electron chi connectivity index (χ4n) is 0.673. The summed E-state index contributed by atoms with van der Waals surface area (Å²) in [6.07, 6.45) is 1.45. The molecule has 13 heavy (non-hydrogen) atoms. The molecule has 0 aliphatic heterocycles. The zero-order chi connectivity index (χ0) is 9.56. The second-order valence-corrected chi connectivity index (χ2v) is 2.72. The second kappa shape index (κ2) is 9.45. The van der Waals surface area contributed by atoms with E-state index in [4.69, 9.17) is 5.73 Å². The third-order valence-electron chi connectivity index (χ3n) is 1.63. The molecule has 0 bridgehead atoms. The molecule has 2 atom stereocenters. The Morgan fingerprint density at radius 3 is 2.54 bits per heavy atom. The van der Waals surface area contributed by atoms with Gasteiger partial charge >= 0.3 is 51.4 Å². The fraction of sp³-hybridized carbons (Fsp3) is 0.750. The van der Waals surface area contributed by atoms with Crippen molar-refractivity contribution in [1.29, 1.82) is 0 Å². The first-order valence-corrected chi connectivity index (χ1v) is 4.04. The van der Waals surface area contributed by atoms with E-state index in [1.54, 1.807) is 0 Å². The van der Waals surface area contributed by atoms with Crippen LogP contribution in [-0.4, -0.2) is 30.7 Å². The third-order valence-corrected chi connectivity index (χ3v) is 1.63. The maximum Gasteiger partial charge on any atom is 1.00 e. The molecule has 0 aromatic rings. The van der Waals surface area contributed by atoms with E-state index in [0.29, 0.717) is 6.42 Å². The van der Waals surface area contributed by atoms with Gasteiger partial charge in [0.05, 0.1) is 12.6 Å². The van der Waals surface area contributed by atoms with E-state index in [1.165, 1.54) is 6.92 Å². The summed E-state index contributed by atoms with van der Waals surface area (Å²) in [7, 11) is 0. The van der Waals surface area contributed by atoms with E-state index < -0.39 is 6.04 Å². The molecular formula is C8H16KN2O2-. The topological polar surface area (TPSA) is 70.0 Å². The number of rotatable bonds is 6. The number of Topliss-reactive ketones (excluding diaryl/α,β-unsaturated/α-hetero) is 1. The molecule has 0 aliphatic rings. The molecule has 5 heteroatoms. The first-order chi connectivity index (χ1) is 5.61. The summed E-state index contributed by atoms with van der Waals surface area (Å²) < 4.78 is 0. The van der Waals surface area contributed by atoms with Crippen LogP contribution < -0.4 is 56.7 Å². The van der Waals surface area contributed by atoms with Crippen LogP contribution in [0.4, 0.5) is 0 Å². The Bertz CT molecular complexity index is 167. The van der Waals surface area contributed by atoms with Gasteiger partial charge in [0.25, 0.3) is 0 Å². The van der Waals surface area contributed by atoms with Gasteiger partial charge < -0.3 is 17.3 Å². The van der Waals surface area contributed by atoms with E-state index in [0.717, 1.165) is 6.29 Å². The van der Waals surface area contributed by atoms with Crippen LogP contribution in [0.2, 0.25) is 0 Å². The molecule has 1 unspecified atom stereocenters. The summed E-state index contributed by atoms with van der Waals surface area (Å²) in [5.41, 5.74) is 7.06. The van der Waals surface area contributed by atoms with Gasteiger partial charge in [0.15, 0.2) is 0 Å². The third kappa shape index (κ3) is 7.93. The first-order valence-electron chi connectivity index (χ1n) is 4.04. The Kier molecular flexibility index (Phi) is 11.9. The first kappa shape index (κ1) is 16.3. The zero-order valence-corrected chi connectivity index (χ0v) is 11.6. The van der Waals surface area contributed by atoms with Crippen LogP contribution in [0.3, 0.4) is 0 Å². The van der Waals surface area contributed by atoms with Crippen molar-refractivity contribution in [3.05, 3.63) is 5.73 Å². The van der Waals surface area contributed by atoms with E-state index >= 15 is 0 Å². The molecule has 0 rings (SSSR count). The summed E-state index contributed by atoms with van der Waals surface area (Å²) in [6.45, 7) is 3.49. The van der Waals surface area contributed by atoms with Crippen molar-refractivity contribution in [3.63, 3.8) is 0 Å². The average molecular weight is 213 g/mol. The monoisotopic (exact) mass is 213 g/mol. The average Bonchev–Trinajstić information content (AvgIpc) is 2.05. The maximum absolute atomic E-state index is 10.9. The normalized spacial score (nSPS) is 14.1. The molecule has 0 aliphatic carbocycles. The molecule has 0 amide bonds. The summed E-state index contributed by atoms with van der Waals surface area (Å²) in [5, 5.41) is 2.76. The van der Waals surface area contributed by atoms with Crippen molar-refractivity contribution >= 4 is 12.1 Å². The van der Waals surface area contributed by atoms with E-state index in [1.807, 2.05) is 6.92 Å². The van der Waals surface area contributed by atoms with Crippen molar-refractivity contribution in [2.24, 2.45) is 0 Å². The number of carbonyl (C=O) groups excluding carboxylic acids is 2. The number of ketones is 1. The van der Waals surface area contributed by atoms with E-state index in [9.17, 15) is 9.59 Å². The van der Waals surface area contributed by atoms with Gasteiger partial charge in [-0.1, -0.05) is 19.9 Å². The molecule has 0 radical (unpaired) electrons. The Labute approximate surface area is 123 Å². The van der Waals surface area contributed by atoms with Gasteiger partial charge in [0.1, 0.15) is 12.1 Å². The molecule has 0 aromatic carbocycles. The Hall–Kier alpha value is 0.896. The molecule has 0 saturated heterocycles. The van der Waals surface area contributed by atoms with Crippen LogP contribution in [0.25, 0.3) is 5.73 Å². The largest absolute Gasteiger partial charge is 1.00 e. The molecule has 4 nitrogen and oxygen atoms in total. The Morgan fingerprint density at radius 2 is 2.23 bits per heavy atom. The van der Waals surface area contributed by atoms with Gasteiger partial charge in [-0.25, -0.2) is 0 Å². The molecule has 0 heterocycles. The predicted molar refractivity (Wildman–Crippen MR) is 48.0 cm³/mol. The SMILES string of the molecule is CC[C@@H](C=O)NCC(=O)C(C)[NH-].[3H-].[K+]. The van der Waals surface area contributed by atoms with Gasteiger partial charge in [-0.15, -0.1) is 0 Å². The smallest absolute Gasteiger partial charge is 1.00 e. The predicted octanol–water partition coefficient (Wildman–Crippen LogP) is -2.32. The number of hydrogen-bond acceptors (Lipinski definition) is 3.